The summed E-state index contributed by atoms with van der Waals surface area (Å²) in [4.78, 5) is 12.7. The number of hydrogen-bond donors (Lipinski definition) is 0. The second kappa shape index (κ2) is 7.05. The standard InChI is InChI=1S/C20H19NO5S/c1-3-26-19(22)20(13-21)17(14-9-11-15(25-2)12-10-14)18(20)27(23,24)16-7-5-4-6-8-16/h4-12,17-18H,3H2,1-2H3/t17-,18-,20+/m0/s1. The Balaban J connectivity index is 2.11. The Bertz CT molecular complexity index is 979. The highest BCUT2D eigenvalue weighted by Crippen LogP contribution is 2.64. The van der Waals surface area contributed by atoms with Crippen molar-refractivity contribution >= 4 is 15.8 Å². The van der Waals surface area contributed by atoms with Crippen LogP contribution in [0.3, 0.4) is 0 Å². The zero-order valence-corrected chi connectivity index (χ0v) is 15.8. The molecular weight excluding hydrogens is 366 g/mol. The number of hydrogen-bond acceptors (Lipinski definition) is 6. The summed E-state index contributed by atoms with van der Waals surface area (Å²) >= 11 is 0. The van der Waals surface area contributed by atoms with Crippen molar-refractivity contribution < 1.29 is 22.7 Å². The van der Waals surface area contributed by atoms with Crippen LogP contribution in [-0.4, -0.2) is 33.4 Å². The topological polar surface area (TPSA) is 93.5 Å². The average Bonchev–Trinajstić information content (AvgIpc) is 3.40. The molecule has 2 aromatic rings. The number of benzene rings is 2. The maximum absolute atomic E-state index is 13.2. The smallest absolute Gasteiger partial charge is 0.328 e. The van der Waals surface area contributed by atoms with Crippen LogP contribution in [-0.2, 0) is 19.4 Å². The van der Waals surface area contributed by atoms with E-state index in [1.807, 2.05) is 6.07 Å². The van der Waals surface area contributed by atoms with E-state index in [2.05, 4.69) is 0 Å². The van der Waals surface area contributed by atoms with Crippen LogP contribution in [0.25, 0.3) is 0 Å². The van der Waals surface area contributed by atoms with E-state index in [1.165, 1.54) is 19.2 Å². The summed E-state index contributed by atoms with van der Waals surface area (Å²) in [5, 5.41) is 8.62. The van der Waals surface area contributed by atoms with Gasteiger partial charge in [-0.3, -0.25) is 4.79 Å². The fourth-order valence-electron chi connectivity index (χ4n) is 3.46. The van der Waals surface area contributed by atoms with Crippen molar-refractivity contribution in [3.05, 3.63) is 60.2 Å². The fraction of sp³-hybridized carbons (Fsp3) is 0.300. The third kappa shape index (κ3) is 2.96. The van der Waals surface area contributed by atoms with Gasteiger partial charge >= 0.3 is 5.97 Å². The number of nitriles is 1. The highest BCUT2D eigenvalue weighted by molar-refractivity contribution is 7.92. The quantitative estimate of drug-likeness (QED) is 0.710. The number of carbonyl (C=O) groups is 1. The summed E-state index contributed by atoms with van der Waals surface area (Å²) in [6.45, 7) is 1.68. The Morgan fingerprint density at radius 3 is 2.30 bits per heavy atom. The molecule has 27 heavy (non-hydrogen) atoms. The van der Waals surface area contributed by atoms with E-state index in [9.17, 15) is 18.5 Å². The van der Waals surface area contributed by atoms with Crippen molar-refractivity contribution in [1.82, 2.24) is 0 Å². The van der Waals surface area contributed by atoms with Gasteiger partial charge in [0.05, 0.1) is 24.7 Å². The molecule has 7 heteroatoms. The van der Waals surface area contributed by atoms with Gasteiger partial charge in [-0.2, -0.15) is 5.26 Å². The Labute approximate surface area is 158 Å². The molecule has 0 radical (unpaired) electrons. The van der Waals surface area contributed by atoms with Crippen LogP contribution in [0.15, 0.2) is 59.5 Å². The van der Waals surface area contributed by atoms with Crippen LogP contribution in [0.1, 0.15) is 18.4 Å². The molecule has 1 fully saturated rings. The van der Waals surface area contributed by atoms with Gasteiger partial charge < -0.3 is 9.47 Å². The van der Waals surface area contributed by atoms with Crippen LogP contribution in [0.5, 0.6) is 5.75 Å². The number of esters is 1. The summed E-state index contributed by atoms with van der Waals surface area (Å²) in [7, 11) is -2.40. The van der Waals surface area contributed by atoms with E-state index in [0.29, 0.717) is 11.3 Å². The summed E-state index contributed by atoms with van der Waals surface area (Å²) in [6, 6.07) is 16.5. The molecule has 0 bridgehead atoms. The fourth-order valence-corrected chi connectivity index (χ4v) is 5.72. The monoisotopic (exact) mass is 385 g/mol. The lowest BCUT2D eigenvalue weighted by molar-refractivity contribution is -0.147. The number of methoxy groups -OCH3 is 1. The third-order valence-corrected chi connectivity index (χ3v) is 7.05. The van der Waals surface area contributed by atoms with Crippen molar-refractivity contribution in [3.63, 3.8) is 0 Å². The first-order valence-corrected chi connectivity index (χ1v) is 9.99. The molecule has 1 saturated carbocycles. The van der Waals surface area contributed by atoms with Crippen molar-refractivity contribution in [2.75, 3.05) is 13.7 Å². The molecule has 0 unspecified atom stereocenters. The minimum atomic E-state index is -3.92. The molecule has 0 saturated heterocycles. The van der Waals surface area contributed by atoms with Crippen molar-refractivity contribution in [1.29, 1.82) is 5.26 Å². The average molecular weight is 385 g/mol. The minimum Gasteiger partial charge on any atom is -0.497 e. The number of sulfone groups is 1. The molecular formula is C20H19NO5S. The Morgan fingerprint density at radius 1 is 1.15 bits per heavy atom. The number of carbonyl (C=O) groups excluding carboxylic acids is 1. The first-order chi connectivity index (χ1) is 12.9. The predicted molar refractivity (Wildman–Crippen MR) is 97.8 cm³/mol. The third-order valence-electron chi connectivity index (χ3n) is 4.81. The van der Waals surface area contributed by atoms with E-state index in [0.717, 1.165) is 0 Å². The largest absolute Gasteiger partial charge is 0.497 e. The van der Waals surface area contributed by atoms with Gasteiger partial charge in [-0.25, -0.2) is 8.42 Å². The van der Waals surface area contributed by atoms with Gasteiger partial charge in [0, 0.05) is 5.92 Å². The number of rotatable bonds is 6. The van der Waals surface area contributed by atoms with E-state index < -0.39 is 32.4 Å². The van der Waals surface area contributed by atoms with Crippen LogP contribution >= 0.6 is 0 Å². The molecule has 140 valence electrons. The highest BCUT2D eigenvalue weighted by atomic mass is 32.2. The van der Waals surface area contributed by atoms with E-state index in [-0.39, 0.29) is 11.5 Å². The molecule has 1 aliphatic rings. The predicted octanol–water partition coefficient (Wildman–Crippen LogP) is 2.71. The summed E-state index contributed by atoms with van der Waals surface area (Å²) in [5.41, 5.74) is -1.19. The minimum absolute atomic E-state index is 0.0652. The Hall–Kier alpha value is -2.85. The van der Waals surface area contributed by atoms with Crippen molar-refractivity contribution in [2.24, 2.45) is 5.41 Å². The molecule has 0 amide bonds. The van der Waals surface area contributed by atoms with E-state index >= 15 is 0 Å². The number of nitrogens with zero attached hydrogens (tertiary/aromatic N) is 1. The summed E-state index contributed by atoms with van der Waals surface area (Å²) in [5.74, 6) is -1.02. The summed E-state index contributed by atoms with van der Waals surface area (Å²) in [6.07, 6.45) is 0. The molecule has 3 atom stereocenters. The first kappa shape index (κ1) is 18.9. The molecule has 0 aliphatic heterocycles. The van der Waals surface area contributed by atoms with E-state index in [1.54, 1.807) is 49.4 Å². The van der Waals surface area contributed by atoms with Gasteiger partial charge in [-0.15, -0.1) is 0 Å². The molecule has 0 heterocycles. The SMILES string of the molecule is CCOC(=O)[C@]1(C#N)[C@@H](c2ccc(OC)cc2)[C@@H]1S(=O)(=O)c1ccccc1. The molecule has 0 N–H and O–H groups in total. The Kier molecular flexibility index (Phi) is 4.94. The van der Waals surface area contributed by atoms with Gasteiger partial charge in [0.15, 0.2) is 15.3 Å². The Morgan fingerprint density at radius 2 is 1.78 bits per heavy atom. The second-order valence-electron chi connectivity index (χ2n) is 6.23. The van der Waals surface area contributed by atoms with Crippen LogP contribution in [0, 0.1) is 16.7 Å². The zero-order chi connectivity index (χ0) is 19.7. The molecule has 0 spiro atoms. The van der Waals surface area contributed by atoms with Crippen LogP contribution < -0.4 is 4.74 Å². The van der Waals surface area contributed by atoms with Crippen molar-refractivity contribution in [3.8, 4) is 11.8 Å². The zero-order valence-electron chi connectivity index (χ0n) is 15.0. The highest BCUT2D eigenvalue weighted by Gasteiger charge is 2.77. The normalized spacial score (nSPS) is 23.9. The first-order valence-electron chi connectivity index (χ1n) is 8.44. The van der Waals surface area contributed by atoms with Crippen LogP contribution in [0.4, 0.5) is 0 Å². The number of ether oxygens (including phenoxy) is 2. The van der Waals surface area contributed by atoms with Gasteiger partial charge in [-0.1, -0.05) is 30.3 Å². The molecule has 6 nitrogen and oxygen atoms in total. The maximum atomic E-state index is 13.2. The lowest BCUT2D eigenvalue weighted by Gasteiger charge is -2.09. The van der Waals surface area contributed by atoms with Gasteiger partial charge in [0.1, 0.15) is 11.0 Å². The van der Waals surface area contributed by atoms with Gasteiger partial charge in [0.25, 0.3) is 0 Å². The molecule has 3 rings (SSSR count). The van der Waals surface area contributed by atoms with E-state index in [4.69, 9.17) is 9.47 Å². The second-order valence-corrected chi connectivity index (χ2v) is 8.30. The van der Waals surface area contributed by atoms with Crippen molar-refractivity contribution in [2.45, 2.75) is 23.0 Å². The van der Waals surface area contributed by atoms with Gasteiger partial charge in [0.2, 0.25) is 0 Å². The van der Waals surface area contributed by atoms with Gasteiger partial charge in [-0.05, 0) is 36.8 Å². The van der Waals surface area contributed by atoms with Crippen LogP contribution in [0.2, 0.25) is 0 Å². The molecule has 0 aromatic heterocycles. The lowest BCUT2D eigenvalue weighted by atomic mass is 10.0. The molecule has 1 aliphatic carbocycles. The maximum Gasteiger partial charge on any atom is 0.328 e. The summed E-state index contributed by atoms with van der Waals surface area (Å²) < 4.78 is 36.6. The molecule has 2 aromatic carbocycles. The lowest BCUT2D eigenvalue weighted by Crippen LogP contribution is -2.25.